The molecule has 1 aromatic rings. The molecule has 3 amide bonds. The monoisotopic (exact) mass is 598 g/mol. The Morgan fingerprint density at radius 1 is 1.17 bits per heavy atom. The maximum Gasteiger partial charge on any atom is 0.416 e. The SMILES string of the molecule is C=CC1C[C@]1(NC(=O)C1CCCN1C(=O)C(Nc1cccc(C(F)(F)F)c1)C(C)(C)C)C(=O)NS(=O)(=O)C1(C)CC1. The van der Waals surface area contributed by atoms with Gasteiger partial charge in [-0.2, -0.15) is 13.2 Å². The third kappa shape index (κ3) is 6.09. The Hall–Kier alpha value is -3.09. The van der Waals surface area contributed by atoms with Gasteiger partial charge < -0.3 is 15.5 Å². The third-order valence-corrected chi connectivity index (χ3v) is 10.5. The van der Waals surface area contributed by atoms with E-state index in [1.54, 1.807) is 27.7 Å². The van der Waals surface area contributed by atoms with Crippen LogP contribution in [0.15, 0.2) is 36.9 Å². The lowest BCUT2D eigenvalue weighted by Gasteiger charge is -2.36. The zero-order valence-electron chi connectivity index (χ0n) is 23.6. The van der Waals surface area contributed by atoms with Gasteiger partial charge in [0.25, 0.3) is 5.91 Å². The van der Waals surface area contributed by atoms with Crippen LogP contribution >= 0.6 is 0 Å². The molecule has 4 rings (SSSR count). The van der Waals surface area contributed by atoms with Crippen LogP contribution in [-0.4, -0.2) is 60.0 Å². The molecule has 226 valence electrons. The topological polar surface area (TPSA) is 125 Å². The molecular weight excluding hydrogens is 561 g/mol. The molecule has 0 aromatic heterocycles. The highest BCUT2D eigenvalue weighted by Gasteiger charge is 2.62. The fourth-order valence-electron chi connectivity index (χ4n) is 5.19. The summed E-state index contributed by atoms with van der Waals surface area (Å²) in [6.45, 7) is 10.8. The van der Waals surface area contributed by atoms with Gasteiger partial charge in [-0.1, -0.05) is 32.9 Å². The molecule has 2 aliphatic carbocycles. The van der Waals surface area contributed by atoms with Crippen LogP contribution in [0, 0.1) is 11.3 Å². The van der Waals surface area contributed by atoms with E-state index >= 15 is 0 Å². The molecule has 1 aromatic carbocycles. The van der Waals surface area contributed by atoms with Gasteiger partial charge in [0.15, 0.2) is 0 Å². The summed E-state index contributed by atoms with van der Waals surface area (Å²) in [6, 6.07) is 2.65. The Morgan fingerprint density at radius 3 is 2.37 bits per heavy atom. The van der Waals surface area contributed by atoms with Gasteiger partial charge >= 0.3 is 6.18 Å². The second-order valence-corrected chi connectivity index (χ2v) is 14.8. The Bertz CT molecular complexity index is 1350. The summed E-state index contributed by atoms with van der Waals surface area (Å²) in [5, 5.41) is 5.66. The number of nitrogens with zero attached hydrogens (tertiary/aromatic N) is 1. The largest absolute Gasteiger partial charge is 0.416 e. The lowest BCUT2D eigenvalue weighted by molar-refractivity contribution is -0.141. The van der Waals surface area contributed by atoms with E-state index in [4.69, 9.17) is 0 Å². The quantitative estimate of drug-likeness (QED) is 0.374. The lowest BCUT2D eigenvalue weighted by Crippen LogP contribution is -2.59. The van der Waals surface area contributed by atoms with E-state index in [0.717, 1.165) is 12.1 Å². The first-order valence-corrected chi connectivity index (χ1v) is 15.1. The van der Waals surface area contributed by atoms with Crippen molar-refractivity contribution in [2.45, 2.75) is 88.3 Å². The first-order valence-electron chi connectivity index (χ1n) is 13.6. The molecule has 1 aliphatic heterocycles. The molecule has 41 heavy (non-hydrogen) atoms. The summed E-state index contributed by atoms with van der Waals surface area (Å²) in [4.78, 5) is 41.9. The number of alkyl halides is 3. The molecule has 9 nitrogen and oxygen atoms in total. The molecule has 3 fully saturated rings. The maximum atomic E-state index is 13.8. The van der Waals surface area contributed by atoms with E-state index in [1.807, 2.05) is 0 Å². The lowest BCUT2D eigenvalue weighted by atomic mass is 9.85. The molecule has 0 spiro atoms. The van der Waals surface area contributed by atoms with E-state index in [1.165, 1.54) is 23.1 Å². The van der Waals surface area contributed by atoms with Crippen molar-refractivity contribution < 1.29 is 36.0 Å². The van der Waals surface area contributed by atoms with Gasteiger partial charge in [0, 0.05) is 18.2 Å². The van der Waals surface area contributed by atoms with E-state index in [2.05, 4.69) is 21.9 Å². The number of hydrogen-bond acceptors (Lipinski definition) is 6. The van der Waals surface area contributed by atoms with Crippen molar-refractivity contribution in [3.63, 3.8) is 0 Å². The molecule has 3 N–H and O–H groups in total. The Balaban J connectivity index is 1.52. The summed E-state index contributed by atoms with van der Waals surface area (Å²) in [6.07, 6.45) is -1.22. The molecule has 13 heteroatoms. The number of nitrogens with one attached hydrogen (secondary N) is 3. The average Bonchev–Trinajstić information content (AvgIpc) is 3.73. The predicted molar refractivity (Wildman–Crippen MR) is 147 cm³/mol. The summed E-state index contributed by atoms with van der Waals surface area (Å²) >= 11 is 0. The van der Waals surface area contributed by atoms with Crippen LogP contribution in [0.5, 0.6) is 0 Å². The summed E-state index contributed by atoms with van der Waals surface area (Å²) in [7, 11) is -3.94. The van der Waals surface area contributed by atoms with E-state index in [-0.39, 0.29) is 18.7 Å². The zero-order valence-corrected chi connectivity index (χ0v) is 24.4. The number of likely N-dealkylation sites (tertiary alicyclic amines) is 1. The predicted octanol–water partition coefficient (Wildman–Crippen LogP) is 3.58. The van der Waals surface area contributed by atoms with Gasteiger partial charge in [-0.3, -0.25) is 19.1 Å². The average molecular weight is 599 g/mol. The van der Waals surface area contributed by atoms with Gasteiger partial charge in [0.2, 0.25) is 21.8 Å². The van der Waals surface area contributed by atoms with Crippen molar-refractivity contribution in [3.8, 4) is 0 Å². The van der Waals surface area contributed by atoms with Crippen LogP contribution < -0.4 is 15.4 Å². The van der Waals surface area contributed by atoms with Gasteiger partial charge in [0.1, 0.15) is 17.6 Å². The number of sulfonamides is 1. The van der Waals surface area contributed by atoms with Gasteiger partial charge in [-0.15, -0.1) is 6.58 Å². The minimum absolute atomic E-state index is 0.112. The highest BCUT2D eigenvalue weighted by molar-refractivity contribution is 7.91. The van der Waals surface area contributed by atoms with Gasteiger partial charge in [-0.25, -0.2) is 8.42 Å². The van der Waals surface area contributed by atoms with Gasteiger partial charge in [-0.05, 0) is 62.6 Å². The number of carbonyl (C=O) groups is 3. The van der Waals surface area contributed by atoms with Crippen LogP contribution in [0.4, 0.5) is 18.9 Å². The number of amides is 3. The normalized spacial score (nSPS) is 26.1. The van der Waals surface area contributed by atoms with Crippen molar-refractivity contribution in [3.05, 3.63) is 42.5 Å². The van der Waals surface area contributed by atoms with Crippen molar-refractivity contribution in [1.82, 2.24) is 14.9 Å². The van der Waals surface area contributed by atoms with Crippen molar-refractivity contribution >= 4 is 33.4 Å². The molecule has 3 aliphatic rings. The number of hydrogen-bond donors (Lipinski definition) is 3. The first-order chi connectivity index (χ1) is 18.8. The van der Waals surface area contributed by atoms with Crippen LogP contribution in [0.25, 0.3) is 0 Å². The minimum atomic E-state index is -4.55. The van der Waals surface area contributed by atoms with Crippen LogP contribution in [0.2, 0.25) is 0 Å². The smallest absolute Gasteiger partial charge is 0.373 e. The van der Waals surface area contributed by atoms with Crippen LogP contribution in [-0.2, 0) is 30.6 Å². The maximum absolute atomic E-state index is 13.8. The highest BCUT2D eigenvalue weighted by Crippen LogP contribution is 2.47. The molecule has 0 radical (unpaired) electrons. The molecule has 0 bridgehead atoms. The van der Waals surface area contributed by atoms with Crippen molar-refractivity contribution in [2.24, 2.45) is 11.3 Å². The van der Waals surface area contributed by atoms with Crippen molar-refractivity contribution in [2.75, 3.05) is 11.9 Å². The molecule has 4 atom stereocenters. The fraction of sp³-hybridized carbons (Fsp3) is 0.607. The van der Waals surface area contributed by atoms with Crippen LogP contribution in [0.1, 0.15) is 65.4 Å². The molecule has 3 unspecified atom stereocenters. The second kappa shape index (κ2) is 10.3. The van der Waals surface area contributed by atoms with Crippen LogP contribution in [0.3, 0.4) is 0 Å². The van der Waals surface area contributed by atoms with E-state index in [0.29, 0.717) is 25.7 Å². The van der Waals surface area contributed by atoms with E-state index in [9.17, 15) is 36.0 Å². The van der Waals surface area contributed by atoms with E-state index < -0.39 is 73.2 Å². The second-order valence-electron chi connectivity index (χ2n) is 12.6. The first kappa shape index (κ1) is 30.9. The Morgan fingerprint density at radius 2 is 1.83 bits per heavy atom. The fourth-order valence-corrected chi connectivity index (χ4v) is 6.50. The molecule has 2 saturated carbocycles. The highest BCUT2D eigenvalue weighted by atomic mass is 32.2. The summed E-state index contributed by atoms with van der Waals surface area (Å²) in [5.74, 6) is -2.38. The molecular formula is C28H37F3N4O5S. The summed E-state index contributed by atoms with van der Waals surface area (Å²) < 4.78 is 66.3. The summed E-state index contributed by atoms with van der Waals surface area (Å²) in [5.41, 5.74) is -2.98. The van der Waals surface area contributed by atoms with Crippen molar-refractivity contribution in [1.29, 1.82) is 0 Å². The third-order valence-electron chi connectivity index (χ3n) is 8.33. The Kier molecular flexibility index (Phi) is 7.77. The number of anilines is 1. The Labute approximate surface area is 238 Å². The minimum Gasteiger partial charge on any atom is -0.373 e. The van der Waals surface area contributed by atoms with Gasteiger partial charge in [0.05, 0.1) is 10.3 Å². The zero-order chi connectivity index (χ0) is 30.6. The number of carbonyl (C=O) groups excluding carboxylic acids is 3. The molecule has 1 saturated heterocycles. The number of benzene rings is 1. The number of halogens is 3. The standard InChI is InChI=1S/C28H37F3N4O5S/c1-6-17-16-27(17,24(38)34-41(39,40)26(5)12-13-26)33-22(36)20-11-8-14-35(20)23(37)21(25(2,3)4)32-19-10-7-9-18(15-19)28(29,30)31/h6-7,9-10,15,17,20-21,32H,1,8,11-14,16H2,2-5H3,(H,33,36)(H,34,38)/t17?,20?,21?,27-/m1/s1. The number of rotatable bonds is 9. The molecule has 1 heterocycles.